The SMILES string of the molecule is COc1ccc2cc(C(=O)N3CCc4ccccc4C3)c(=O)n3c2c1OCCCC3. The van der Waals surface area contributed by atoms with Crippen LogP contribution >= 0.6 is 0 Å². The number of pyridine rings is 1. The third kappa shape index (κ3) is 3.03. The Labute approximate surface area is 174 Å². The van der Waals surface area contributed by atoms with Crippen LogP contribution in [-0.2, 0) is 19.5 Å². The standard InChI is InChI=1S/C24H24N2O4/c1-29-20-9-8-17-14-19(24(28)26-11-4-5-13-30-22(20)21(17)26)23(27)25-12-10-16-6-2-3-7-18(16)15-25/h2-3,6-9,14H,4-5,10-13,15H2,1H3. The maximum Gasteiger partial charge on any atom is 0.264 e. The van der Waals surface area contributed by atoms with Crippen LogP contribution < -0.4 is 15.0 Å². The van der Waals surface area contributed by atoms with Crippen molar-refractivity contribution in [3.8, 4) is 11.5 Å². The molecule has 0 bridgehead atoms. The Bertz CT molecular complexity index is 1200. The van der Waals surface area contributed by atoms with E-state index in [4.69, 9.17) is 9.47 Å². The molecule has 0 aliphatic carbocycles. The summed E-state index contributed by atoms with van der Waals surface area (Å²) in [6.45, 7) is 2.29. The van der Waals surface area contributed by atoms with Gasteiger partial charge in [-0.1, -0.05) is 24.3 Å². The highest BCUT2D eigenvalue weighted by Gasteiger charge is 2.26. The first-order chi connectivity index (χ1) is 14.7. The smallest absolute Gasteiger partial charge is 0.264 e. The average Bonchev–Trinajstić information content (AvgIpc) is 2.76. The van der Waals surface area contributed by atoms with E-state index < -0.39 is 0 Å². The molecule has 0 unspecified atom stereocenters. The van der Waals surface area contributed by atoms with Crippen molar-refractivity contribution >= 4 is 16.8 Å². The number of benzene rings is 2. The molecule has 1 amide bonds. The molecule has 0 atom stereocenters. The lowest BCUT2D eigenvalue weighted by Gasteiger charge is -2.29. The van der Waals surface area contributed by atoms with Gasteiger partial charge in [-0.2, -0.15) is 0 Å². The van der Waals surface area contributed by atoms with Crippen LogP contribution in [-0.4, -0.2) is 35.6 Å². The monoisotopic (exact) mass is 404 g/mol. The summed E-state index contributed by atoms with van der Waals surface area (Å²) >= 11 is 0. The minimum atomic E-state index is -0.258. The largest absolute Gasteiger partial charge is 0.493 e. The molecule has 0 saturated heterocycles. The van der Waals surface area contributed by atoms with Crippen molar-refractivity contribution in [3.63, 3.8) is 0 Å². The number of hydrogen-bond acceptors (Lipinski definition) is 4. The molecule has 0 radical (unpaired) electrons. The third-order valence-corrected chi connectivity index (χ3v) is 6.06. The Hall–Kier alpha value is -3.28. The van der Waals surface area contributed by atoms with E-state index in [0.29, 0.717) is 43.3 Å². The summed E-state index contributed by atoms with van der Waals surface area (Å²) in [7, 11) is 1.59. The molecule has 6 heteroatoms. The summed E-state index contributed by atoms with van der Waals surface area (Å²) in [5.74, 6) is 0.975. The number of rotatable bonds is 2. The van der Waals surface area contributed by atoms with Gasteiger partial charge in [-0.15, -0.1) is 0 Å². The van der Waals surface area contributed by atoms with Gasteiger partial charge in [-0.05, 0) is 48.6 Å². The van der Waals surface area contributed by atoms with Crippen LogP contribution in [0, 0.1) is 0 Å². The van der Waals surface area contributed by atoms with E-state index in [9.17, 15) is 9.59 Å². The highest BCUT2D eigenvalue weighted by Crippen LogP contribution is 2.36. The van der Waals surface area contributed by atoms with Crippen molar-refractivity contribution in [1.29, 1.82) is 0 Å². The van der Waals surface area contributed by atoms with Gasteiger partial charge in [0.05, 0.1) is 19.2 Å². The van der Waals surface area contributed by atoms with Gasteiger partial charge in [0.15, 0.2) is 11.5 Å². The number of aromatic nitrogens is 1. The number of aryl methyl sites for hydroxylation is 1. The normalized spacial score (nSPS) is 15.7. The summed E-state index contributed by atoms with van der Waals surface area (Å²) < 4.78 is 13.1. The van der Waals surface area contributed by atoms with Crippen molar-refractivity contribution < 1.29 is 14.3 Å². The molecule has 6 nitrogen and oxygen atoms in total. The molecule has 2 aliphatic heterocycles. The molecule has 3 heterocycles. The highest BCUT2D eigenvalue weighted by atomic mass is 16.5. The van der Waals surface area contributed by atoms with Crippen LogP contribution in [0.5, 0.6) is 11.5 Å². The summed E-state index contributed by atoms with van der Waals surface area (Å²) in [4.78, 5) is 28.6. The maximum atomic E-state index is 13.4. The fraction of sp³-hybridized carbons (Fsp3) is 0.333. The zero-order chi connectivity index (χ0) is 20.7. The van der Waals surface area contributed by atoms with E-state index in [-0.39, 0.29) is 17.0 Å². The fourth-order valence-electron chi connectivity index (χ4n) is 4.48. The van der Waals surface area contributed by atoms with Gasteiger partial charge in [0.25, 0.3) is 11.5 Å². The first-order valence-corrected chi connectivity index (χ1v) is 10.4. The predicted octanol–water partition coefficient (Wildman–Crippen LogP) is 3.38. The van der Waals surface area contributed by atoms with Gasteiger partial charge in [0.1, 0.15) is 5.56 Å². The van der Waals surface area contributed by atoms with E-state index in [1.54, 1.807) is 22.6 Å². The number of methoxy groups -OCH3 is 1. The van der Waals surface area contributed by atoms with Crippen LogP contribution in [0.15, 0.2) is 47.3 Å². The lowest BCUT2D eigenvalue weighted by molar-refractivity contribution is 0.0732. The minimum absolute atomic E-state index is 0.208. The van der Waals surface area contributed by atoms with Gasteiger partial charge >= 0.3 is 0 Å². The Morgan fingerprint density at radius 1 is 1.07 bits per heavy atom. The van der Waals surface area contributed by atoms with Crippen molar-refractivity contribution in [2.75, 3.05) is 20.3 Å². The first kappa shape index (κ1) is 18.7. The molecular formula is C24H24N2O4. The Morgan fingerprint density at radius 2 is 1.90 bits per heavy atom. The molecule has 30 heavy (non-hydrogen) atoms. The number of ether oxygens (including phenoxy) is 2. The second-order valence-corrected chi connectivity index (χ2v) is 7.85. The predicted molar refractivity (Wildman–Crippen MR) is 114 cm³/mol. The van der Waals surface area contributed by atoms with E-state index in [0.717, 1.165) is 30.2 Å². The van der Waals surface area contributed by atoms with Crippen LogP contribution in [0.3, 0.4) is 0 Å². The lowest BCUT2D eigenvalue weighted by Crippen LogP contribution is -2.40. The fourth-order valence-corrected chi connectivity index (χ4v) is 4.48. The number of nitrogens with zero attached hydrogens (tertiary/aromatic N) is 2. The molecule has 0 N–H and O–H groups in total. The Morgan fingerprint density at radius 3 is 2.73 bits per heavy atom. The van der Waals surface area contributed by atoms with Crippen LogP contribution in [0.4, 0.5) is 0 Å². The van der Waals surface area contributed by atoms with E-state index >= 15 is 0 Å². The Balaban J connectivity index is 1.62. The van der Waals surface area contributed by atoms with Crippen molar-refractivity contribution in [3.05, 3.63) is 69.5 Å². The zero-order valence-corrected chi connectivity index (χ0v) is 17.0. The molecule has 154 valence electrons. The summed E-state index contributed by atoms with van der Waals surface area (Å²) in [5, 5.41) is 0.813. The number of fused-ring (bicyclic) bond motifs is 1. The van der Waals surface area contributed by atoms with Crippen molar-refractivity contribution in [2.45, 2.75) is 32.4 Å². The summed E-state index contributed by atoms with van der Waals surface area (Å²) in [6, 6.07) is 13.6. The molecule has 0 saturated carbocycles. The molecule has 5 rings (SSSR count). The average molecular weight is 404 g/mol. The number of carbonyl (C=O) groups is 1. The number of amides is 1. The molecular weight excluding hydrogens is 380 g/mol. The number of carbonyl (C=O) groups excluding carboxylic acids is 1. The van der Waals surface area contributed by atoms with E-state index in [2.05, 4.69) is 12.1 Å². The lowest BCUT2D eigenvalue weighted by atomic mass is 9.99. The van der Waals surface area contributed by atoms with Crippen molar-refractivity contribution in [1.82, 2.24) is 9.47 Å². The van der Waals surface area contributed by atoms with Gasteiger partial charge in [-0.3, -0.25) is 9.59 Å². The second-order valence-electron chi connectivity index (χ2n) is 7.85. The summed E-state index contributed by atoms with van der Waals surface area (Å²) in [6.07, 6.45) is 2.46. The quantitative estimate of drug-likeness (QED) is 0.657. The van der Waals surface area contributed by atoms with Crippen molar-refractivity contribution in [2.24, 2.45) is 0 Å². The Kier molecular flexibility index (Phi) is 4.69. The van der Waals surface area contributed by atoms with Gasteiger partial charge in [0, 0.05) is 25.0 Å². The van der Waals surface area contributed by atoms with Crippen LogP contribution in [0.1, 0.15) is 34.3 Å². The van der Waals surface area contributed by atoms with Crippen LogP contribution in [0.25, 0.3) is 10.9 Å². The number of hydrogen-bond donors (Lipinski definition) is 0. The molecule has 3 aromatic rings. The zero-order valence-electron chi connectivity index (χ0n) is 17.0. The third-order valence-electron chi connectivity index (χ3n) is 6.06. The van der Waals surface area contributed by atoms with Gasteiger partial charge < -0.3 is 18.9 Å². The topological polar surface area (TPSA) is 60.8 Å². The van der Waals surface area contributed by atoms with Crippen LogP contribution in [0.2, 0.25) is 0 Å². The van der Waals surface area contributed by atoms with Gasteiger partial charge in [-0.25, -0.2) is 0 Å². The molecule has 2 aromatic carbocycles. The van der Waals surface area contributed by atoms with E-state index in [1.807, 2.05) is 24.3 Å². The maximum absolute atomic E-state index is 13.4. The molecule has 2 aliphatic rings. The minimum Gasteiger partial charge on any atom is -0.493 e. The highest BCUT2D eigenvalue weighted by molar-refractivity contribution is 5.99. The second kappa shape index (κ2) is 7.52. The van der Waals surface area contributed by atoms with E-state index in [1.165, 1.54) is 5.56 Å². The first-order valence-electron chi connectivity index (χ1n) is 10.4. The molecule has 0 fully saturated rings. The van der Waals surface area contributed by atoms with Gasteiger partial charge in [0.2, 0.25) is 0 Å². The molecule has 0 spiro atoms. The molecule has 1 aromatic heterocycles. The summed E-state index contributed by atoms with van der Waals surface area (Å²) in [5.41, 5.74) is 3.09.